The number of halogens is 1. The largest absolute Gasteiger partial charge is 0.453 e. The van der Waals surface area contributed by atoms with Gasteiger partial charge in [0.2, 0.25) is 0 Å². The number of hydrogen-bond acceptors (Lipinski definition) is 5. The molecule has 3 heterocycles. The average Bonchev–Trinajstić information content (AvgIpc) is 3.26. The fourth-order valence-corrected chi connectivity index (χ4v) is 5.40. The van der Waals surface area contributed by atoms with Gasteiger partial charge in [-0.05, 0) is 63.6 Å². The molecular formula is C21H36IN5O2S. The maximum absolute atomic E-state index is 11.7. The summed E-state index contributed by atoms with van der Waals surface area (Å²) in [4.78, 5) is 22.3. The van der Waals surface area contributed by atoms with Gasteiger partial charge in [0.15, 0.2) is 5.96 Å². The second kappa shape index (κ2) is 12.7. The van der Waals surface area contributed by atoms with Gasteiger partial charge in [-0.15, -0.1) is 35.3 Å². The number of aliphatic imine (C=N–C) groups is 1. The molecule has 0 bridgehead atoms. The Morgan fingerprint density at radius 3 is 2.70 bits per heavy atom. The molecule has 2 fully saturated rings. The summed E-state index contributed by atoms with van der Waals surface area (Å²) in [5.74, 6) is 1.42. The summed E-state index contributed by atoms with van der Waals surface area (Å²) >= 11 is 1.85. The minimum absolute atomic E-state index is 0. The van der Waals surface area contributed by atoms with E-state index in [0.717, 1.165) is 51.5 Å². The highest BCUT2D eigenvalue weighted by Crippen LogP contribution is 2.37. The first-order valence-electron chi connectivity index (χ1n) is 10.7. The number of nitrogens with zero attached hydrogens (tertiary/aromatic N) is 3. The molecule has 170 valence electrons. The fraction of sp³-hybridized carbons (Fsp3) is 0.714. The molecule has 1 aromatic heterocycles. The van der Waals surface area contributed by atoms with Crippen LogP contribution in [0.2, 0.25) is 0 Å². The van der Waals surface area contributed by atoms with Crippen LogP contribution in [0, 0.1) is 5.92 Å². The van der Waals surface area contributed by atoms with Crippen molar-refractivity contribution in [3.8, 4) is 0 Å². The van der Waals surface area contributed by atoms with Gasteiger partial charge in [0.1, 0.15) is 0 Å². The molecule has 7 nitrogen and oxygen atoms in total. The lowest BCUT2D eigenvalue weighted by molar-refractivity contribution is 0.111. The number of guanidine groups is 1. The number of thiophene rings is 1. The third kappa shape index (κ3) is 6.71. The Morgan fingerprint density at radius 2 is 2.07 bits per heavy atom. The van der Waals surface area contributed by atoms with E-state index in [-0.39, 0.29) is 30.1 Å². The molecule has 1 aromatic rings. The first kappa shape index (κ1) is 25.2. The lowest BCUT2D eigenvalue weighted by Gasteiger charge is -2.38. The van der Waals surface area contributed by atoms with Crippen LogP contribution in [0.25, 0.3) is 0 Å². The Balaban J connectivity index is 0.00000320. The molecule has 0 saturated carbocycles. The molecule has 1 amide bonds. The molecule has 0 spiro atoms. The van der Waals surface area contributed by atoms with Crippen LogP contribution in [0.5, 0.6) is 0 Å². The quantitative estimate of drug-likeness (QED) is 0.334. The van der Waals surface area contributed by atoms with E-state index in [1.54, 1.807) is 4.90 Å². The van der Waals surface area contributed by atoms with E-state index in [1.165, 1.54) is 24.8 Å². The van der Waals surface area contributed by atoms with Gasteiger partial charge >= 0.3 is 6.09 Å². The average molecular weight is 550 g/mol. The number of likely N-dealkylation sites (tertiary alicyclic amines) is 2. The molecule has 30 heavy (non-hydrogen) atoms. The molecule has 0 aromatic carbocycles. The highest BCUT2D eigenvalue weighted by molar-refractivity contribution is 14.0. The Bertz CT molecular complexity index is 664. The van der Waals surface area contributed by atoms with Crippen LogP contribution in [-0.2, 0) is 4.74 Å². The number of ether oxygens (including phenoxy) is 1. The fourth-order valence-electron chi connectivity index (χ4n) is 4.42. The second-order valence-corrected chi connectivity index (χ2v) is 8.92. The highest BCUT2D eigenvalue weighted by Gasteiger charge is 2.31. The van der Waals surface area contributed by atoms with Crippen molar-refractivity contribution in [2.24, 2.45) is 10.9 Å². The number of hydrogen-bond donors (Lipinski definition) is 2. The van der Waals surface area contributed by atoms with Crippen LogP contribution < -0.4 is 10.6 Å². The molecule has 2 aliphatic heterocycles. The maximum Gasteiger partial charge on any atom is 0.409 e. The van der Waals surface area contributed by atoms with E-state index in [1.807, 2.05) is 11.3 Å². The monoisotopic (exact) mass is 549 g/mol. The summed E-state index contributed by atoms with van der Waals surface area (Å²) in [5.41, 5.74) is 0. The van der Waals surface area contributed by atoms with Crippen molar-refractivity contribution in [3.63, 3.8) is 0 Å². The molecular weight excluding hydrogens is 513 g/mol. The van der Waals surface area contributed by atoms with Crippen molar-refractivity contribution in [2.75, 3.05) is 46.9 Å². The van der Waals surface area contributed by atoms with Gasteiger partial charge in [0.25, 0.3) is 0 Å². The molecule has 0 radical (unpaired) electrons. The summed E-state index contributed by atoms with van der Waals surface area (Å²) in [6.45, 7) is 6.35. The number of carbonyl (C=O) groups excluding carboxylic acids is 1. The van der Waals surface area contributed by atoms with Gasteiger partial charge in [-0.3, -0.25) is 9.89 Å². The van der Waals surface area contributed by atoms with Crippen molar-refractivity contribution in [1.29, 1.82) is 0 Å². The lowest BCUT2D eigenvalue weighted by atomic mass is 9.88. The van der Waals surface area contributed by atoms with Gasteiger partial charge in [-0.2, -0.15) is 0 Å². The smallest absolute Gasteiger partial charge is 0.409 e. The number of carbonyl (C=O) groups is 1. The number of rotatable bonds is 5. The van der Waals surface area contributed by atoms with Crippen LogP contribution in [0.3, 0.4) is 0 Å². The predicted octanol–water partition coefficient (Wildman–Crippen LogP) is 3.53. The van der Waals surface area contributed by atoms with Crippen LogP contribution in [-0.4, -0.2) is 74.8 Å². The number of piperidine rings is 2. The van der Waals surface area contributed by atoms with Crippen molar-refractivity contribution in [3.05, 3.63) is 22.4 Å². The van der Waals surface area contributed by atoms with Crippen molar-refractivity contribution in [1.82, 2.24) is 20.4 Å². The zero-order valence-electron chi connectivity index (χ0n) is 18.3. The molecule has 3 rings (SSSR count). The molecule has 9 heteroatoms. The summed E-state index contributed by atoms with van der Waals surface area (Å²) in [7, 11) is 3.67. The standard InChI is InChI=1S/C21H35N5O2S.HI/c1-4-22-20(24-17-9-12-26(13-10-17)21(27)28-3)23-15-16-7-5-11-25(2)19(16)18-8-6-14-29-18;/h6,8,14,16-17,19H,4-5,7,9-13,15H2,1-3H3,(H2,22,23,24);1H. The van der Waals surface area contributed by atoms with Gasteiger partial charge in [-0.1, -0.05) is 6.07 Å². The van der Waals surface area contributed by atoms with E-state index < -0.39 is 0 Å². The zero-order valence-corrected chi connectivity index (χ0v) is 21.4. The first-order chi connectivity index (χ1) is 14.1. The minimum Gasteiger partial charge on any atom is -0.453 e. The predicted molar refractivity (Wildman–Crippen MR) is 134 cm³/mol. The SMILES string of the molecule is CCNC(=NCC1CCCN(C)C1c1cccs1)NC1CCN(C(=O)OC)CC1.I. The summed E-state index contributed by atoms with van der Waals surface area (Å²) in [6.07, 6.45) is 4.03. The molecule has 2 saturated heterocycles. The Morgan fingerprint density at radius 1 is 1.30 bits per heavy atom. The first-order valence-corrected chi connectivity index (χ1v) is 11.6. The number of methoxy groups -OCH3 is 1. The number of nitrogens with one attached hydrogen (secondary N) is 2. The minimum atomic E-state index is -0.231. The second-order valence-electron chi connectivity index (χ2n) is 7.94. The third-order valence-electron chi connectivity index (χ3n) is 5.94. The summed E-state index contributed by atoms with van der Waals surface area (Å²) in [6, 6.07) is 5.19. The van der Waals surface area contributed by atoms with E-state index in [0.29, 0.717) is 18.0 Å². The van der Waals surface area contributed by atoms with Crippen LogP contribution >= 0.6 is 35.3 Å². The lowest BCUT2D eigenvalue weighted by Crippen LogP contribution is -2.50. The maximum atomic E-state index is 11.7. The summed E-state index contributed by atoms with van der Waals surface area (Å²) < 4.78 is 4.83. The summed E-state index contributed by atoms with van der Waals surface area (Å²) in [5, 5.41) is 9.15. The third-order valence-corrected chi connectivity index (χ3v) is 6.88. The van der Waals surface area contributed by atoms with E-state index >= 15 is 0 Å². The van der Waals surface area contributed by atoms with Crippen LogP contribution in [0.4, 0.5) is 4.79 Å². The van der Waals surface area contributed by atoms with Crippen molar-refractivity contribution < 1.29 is 9.53 Å². The van der Waals surface area contributed by atoms with E-state index in [2.05, 4.69) is 47.0 Å². The number of amides is 1. The molecule has 2 aliphatic rings. The Hall–Kier alpha value is -1.07. The topological polar surface area (TPSA) is 69.2 Å². The van der Waals surface area contributed by atoms with E-state index in [4.69, 9.17) is 9.73 Å². The van der Waals surface area contributed by atoms with Crippen LogP contribution in [0.15, 0.2) is 22.5 Å². The molecule has 2 unspecified atom stereocenters. The Labute approximate surface area is 201 Å². The molecule has 0 aliphatic carbocycles. The van der Waals surface area contributed by atoms with Crippen molar-refractivity contribution >= 4 is 47.4 Å². The molecule has 2 atom stereocenters. The zero-order chi connectivity index (χ0) is 20.6. The normalized spacial score (nSPS) is 23.6. The molecule has 2 N–H and O–H groups in total. The highest BCUT2D eigenvalue weighted by atomic mass is 127. The van der Waals surface area contributed by atoms with Gasteiger partial charge in [-0.25, -0.2) is 4.79 Å². The van der Waals surface area contributed by atoms with Gasteiger partial charge in [0, 0.05) is 43.1 Å². The van der Waals surface area contributed by atoms with E-state index in [9.17, 15) is 4.79 Å². The van der Waals surface area contributed by atoms with Gasteiger partial charge < -0.3 is 20.3 Å². The van der Waals surface area contributed by atoms with Crippen molar-refractivity contribution in [2.45, 2.75) is 44.7 Å². The Kier molecular flexibility index (Phi) is 10.7. The van der Waals surface area contributed by atoms with Crippen LogP contribution in [0.1, 0.15) is 43.5 Å². The van der Waals surface area contributed by atoms with Gasteiger partial charge in [0.05, 0.1) is 7.11 Å².